The second-order valence-electron chi connectivity index (χ2n) is 11.6. The Morgan fingerprint density at radius 1 is 1.12 bits per heavy atom. The number of carbonyl (C=O) groups excluding carboxylic acids is 2. The number of likely N-dealkylation sites (tertiary alicyclic amines) is 1. The van der Waals surface area contributed by atoms with Crippen molar-refractivity contribution in [3.63, 3.8) is 0 Å². The van der Waals surface area contributed by atoms with Crippen molar-refractivity contribution in [3.8, 4) is 28.4 Å². The molecule has 11 nitrogen and oxygen atoms in total. The number of carbonyl (C=O) groups is 2. The number of rotatable bonds is 9. The number of hydrogen-bond donors (Lipinski definition) is 1. The summed E-state index contributed by atoms with van der Waals surface area (Å²) in [5.41, 5.74) is 3.58. The van der Waals surface area contributed by atoms with Gasteiger partial charge in [-0.2, -0.15) is 0 Å². The molecule has 3 aromatic rings. The highest BCUT2D eigenvalue weighted by Crippen LogP contribution is 2.37. The second-order valence-corrected chi connectivity index (χ2v) is 11.6. The standard InChI is InChI=1S/C32H42N6O5/c1-6-30(39)37-10-11-42-31-24(17-37)12-22(15-29(31)32(40)33-25-8-7-9-36(4)18-25)23-13-27(41-5)16-28(14-23)43-20-26-19-38(21(2)3)35-34-26/h12-16,19,21,25H,6-11,17-18,20H2,1-5H3,(H,33,40)/t25-/m0/s1. The quantitative estimate of drug-likeness (QED) is 0.397. The Morgan fingerprint density at radius 2 is 1.91 bits per heavy atom. The molecule has 1 saturated heterocycles. The van der Waals surface area contributed by atoms with Crippen molar-refractivity contribution >= 4 is 11.8 Å². The Labute approximate surface area is 253 Å². The smallest absolute Gasteiger partial charge is 0.255 e. The molecule has 3 heterocycles. The van der Waals surface area contributed by atoms with Gasteiger partial charge in [-0.25, -0.2) is 4.68 Å². The van der Waals surface area contributed by atoms with Gasteiger partial charge in [0.15, 0.2) is 0 Å². The Hall–Kier alpha value is -4.12. The number of nitrogens with one attached hydrogen (secondary N) is 1. The van der Waals surface area contributed by atoms with Crippen molar-refractivity contribution in [2.24, 2.45) is 0 Å². The van der Waals surface area contributed by atoms with Crippen LogP contribution in [0.2, 0.25) is 0 Å². The number of nitrogens with zero attached hydrogens (tertiary/aromatic N) is 5. The average Bonchev–Trinajstić information content (AvgIpc) is 3.38. The molecule has 1 atom stereocenters. The van der Waals surface area contributed by atoms with Crippen molar-refractivity contribution in [1.29, 1.82) is 0 Å². The molecule has 2 aliphatic rings. The maximum Gasteiger partial charge on any atom is 0.255 e. The zero-order valence-corrected chi connectivity index (χ0v) is 25.8. The first kappa shape index (κ1) is 30.3. The van der Waals surface area contributed by atoms with Gasteiger partial charge in [-0.05, 0) is 75.7 Å². The number of hydrogen-bond acceptors (Lipinski definition) is 8. The SMILES string of the molecule is CCC(=O)N1CCOc2c(cc(-c3cc(OC)cc(OCc4cn(C(C)C)nn4)c3)cc2C(=O)N[C@H]2CCCN(C)C2)C1. The summed E-state index contributed by atoms with van der Waals surface area (Å²) in [4.78, 5) is 30.5. The summed E-state index contributed by atoms with van der Waals surface area (Å²) in [5, 5.41) is 11.6. The van der Waals surface area contributed by atoms with Crippen molar-refractivity contribution in [3.05, 3.63) is 53.3 Å². The molecule has 0 radical (unpaired) electrons. The zero-order chi connectivity index (χ0) is 30.5. The molecule has 2 aromatic carbocycles. The summed E-state index contributed by atoms with van der Waals surface area (Å²) in [6.45, 7) is 9.15. The van der Waals surface area contributed by atoms with Crippen molar-refractivity contribution in [1.82, 2.24) is 30.1 Å². The molecule has 1 N–H and O–H groups in total. The largest absolute Gasteiger partial charge is 0.497 e. The van der Waals surface area contributed by atoms with Crippen LogP contribution in [0.5, 0.6) is 17.2 Å². The van der Waals surface area contributed by atoms with Gasteiger partial charge in [0.2, 0.25) is 5.91 Å². The van der Waals surface area contributed by atoms with Crippen LogP contribution >= 0.6 is 0 Å². The van der Waals surface area contributed by atoms with Crippen LogP contribution in [0.15, 0.2) is 36.5 Å². The van der Waals surface area contributed by atoms with Crippen LogP contribution in [-0.2, 0) is 17.9 Å². The fourth-order valence-corrected chi connectivity index (χ4v) is 5.57. The summed E-state index contributed by atoms with van der Waals surface area (Å²) >= 11 is 0. The lowest BCUT2D eigenvalue weighted by atomic mass is 9.96. The number of ether oxygens (including phenoxy) is 3. The molecule has 0 unspecified atom stereocenters. The Kier molecular flexibility index (Phi) is 9.49. The predicted molar refractivity (Wildman–Crippen MR) is 162 cm³/mol. The molecule has 43 heavy (non-hydrogen) atoms. The molecule has 2 amide bonds. The van der Waals surface area contributed by atoms with Crippen molar-refractivity contribution < 1.29 is 23.8 Å². The number of amides is 2. The van der Waals surface area contributed by atoms with Crippen molar-refractivity contribution in [2.75, 3.05) is 40.4 Å². The number of aromatic nitrogens is 3. The first-order chi connectivity index (χ1) is 20.7. The second kappa shape index (κ2) is 13.5. The molecular formula is C32H42N6O5. The van der Waals surface area contributed by atoms with E-state index in [0.717, 1.165) is 42.6 Å². The van der Waals surface area contributed by atoms with E-state index in [-0.39, 0.29) is 30.5 Å². The summed E-state index contributed by atoms with van der Waals surface area (Å²) < 4.78 is 19.7. The van der Waals surface area contributed by atoms with E-state index in [0.29, 0.717) is 54.6 Å². The lowest BCUT2D eigenvalue weighted by molar-refractivity contribution is -0.131. The summed E-state index contributed by atoms with van der Waals surface area (Å²) in [7, 11) is 3.68. The summed E-state index contributed by atoms with van der Waals surface area (Å²) in [6, 6.07) is 9.77. The van der Waals surface area contributed by atoms with E-state index in [1.807, 2.05) is 57.3 Å². The minimum Gasteiger partial charge on any atom is -0.497 e. The Bertz CT molecular complexity index is 1450. The predicted octanol–water partition coefficient (Wildman–Crippen LogP) is 4.07. The van der Waals surface area contributed by atoms with Gasteiger partial charge in [0.05, 0.1) is 25.4 Å². The topological polar surface area (TPSA) is 111 Å². The van der Waals surface area contributed by atoms with E-state index < -0.39 is 0 Å². The lowest BCUT2D eigenvalue weighted by Gasteiger charge is -2.30. The molecule has 230 valence electrons. The lowest BCUT2D eigenvalue weighted by Crippen LogP contribution is -2.46. The Morgan fingerprint density at radius 3 is 2.63 bits per heavy atom. The van der Waals surface area contributed by atoms with E-state index in [1.165, 1.54) is 0 Å². The molecule has 0 spiro atoms. The summed E-state index contributed by atoms with van der Waals surface area (Å²) in [6.07, 6.45) is 4.24. The number of likely N-dealkylation sites (N-methyl/N-ethyl adjacent to an activating group) is 1. The van der Waals surface area contributed by atoms with Gasteiger partial charge in [0.25, 0.3) is 5.91 Å². The molecule has 1 fully saturated rings. The van der Waals surface area contributed by atoms with Crippen molar-refractivity contribution in [2.45, 2.75) is 65.3 Å². The maximum absolute atomic E-state index is 13.8. The van der Waals surface area contributed by atoms with Crippen LogP contribution in [0.1, 0.15) is 67.7 Å². The van der Waals surface area contributed by atoms with Gasteiger partial charge < -0.3 is 29.3 Å². The molecule has 1 aromatic heterocycles. The number of fused-ring (bicyclic) bond motifs is 1. The van der Waals surface area contributed by atoms with Crippen LogP contribution < -0.4 is 19.5 Å². The van der Waals surface area contributed by atoms with Gasteiger partial charge in [-0.15, -0.1) is 5.10 Å². The van der Waals surface area contributed by atoms with Gasteiger partial charge in [0.1, 0.15) is 36.2 Å². The third-order valence-corrected chi connectivity index (χ3v) is 7.92. The molecule has 0 saturated carbocycles. The first-order valence-electron chi connectivity index (χ1n) is 15.0. The highest BCUT2D eigenvalue weighted by atomic mass is 16.5. The van der Waals surface area contributed by atoms with Gasteiger partial charge in [-0.3, -0.25) is 9.59 Å². The van der Waals surface area contributed by atoms with Gasteiger partial charge >= 0.3 is 0 Å². The first-order valence-corrected chi connectivity index (χ1v) is 15.0. The fourth-order valence-electron chi connectivity index (χ4n) is 5.57. The molecule has 0 aliphatic carbocycles. The van der Waals surface area contributed by atoms with E-state index in [9.17, 15) is 9.59 Å². The van der Waals surface area contributed by atoms with Crippen LogP contribution in [0.4, 0.5) is 0 Å². The summed E-state index contributed by atoms with van der Waals surface area (Å²) in [5.74, 6) is 1.61. The highest BCUT2D eigenvalue weighted by Gasteiger charge is 2.27. The third kappa shape index (κ3) is 7.27. The maximum atomic E-state index is 13.8. The minimum atomic E-state index is -0.179. The monoisotopic (exact) mass is 590 g/mol. The minimum absolute atomic E-state index is 0.0459. The van der Waals surface area contributed by atoms with Crippen LogP contribution in [-0.4, -0.2) is 83.0 Å². The number of benzene rings is 2. The Balaban J connectivity index is 1.50. The normalized spacial score (nSPS) is 17.2. The van der Waals surface area contributed by atoms with E-state index in [1.54, 1.807) is 16.7 Å². The zero-order valence-electron chi connectivity index (χ0n) is 25.8. The molecule has 5 rings (SSSR count). The third-order valence-electron chi connectivity index (χ3n) is 7.92. The fraction of sp³-hybridized carbons (Fsp3) is 0.500. The van der Waals surface area contributed by atoms with E-state index in [4.69, 9.17) is 14.2 Å². The van der Waals surface area contributed by atoms with Gasteiger partial charge in [0, 0.05) is 43.2 Å². The molecule has 2 aliphatic heterocycles. The highest BCUT2D eigenvalue weighted by molar-refractivity contribution is 5.99. The molecular weight excluding hydrogens is 548 g/mol. The average molecular weight is 591 g/mol. The van der Waals surface area contributed by atoms with Crippen LogP contribution in [0.25, 0.3) is 11.1 Å². The van der Waals surface area contributed by atoms with E-state index in [2.05, 4.69) is 27.6 Å². The van der Waals surface area contributed by atoms with Crippen LogP contribution in [0.3, 0.4) is 0 Å². The number of piperidine rings is 1. The molecule has 0 bridgehead atoms. The van der Waals surface area contributed by atoms with E-state index >= 15 is 0 Å². The molecule has 11 heteroatoms. The van der Waals surface area contributed by atoms with Gasteiger partial charge in [-0.1, -0.05) is 12.1 Å². The number of methoxy groups -OCH3 is 1. The van der Waals surface area contributed by atoms with Crippen LogP contribution in [0, 0.1) is 0 Å².